The molecule has 1 saturated heterocycles. The number of phenolic OH excluding ortho intramolecular Hbond substituents is 1. The first kappa shape index (κ1) is 17.9. The van der Waals surface area contributed by atoms with Gasteiger partial charge in [-0.05, 0) is 50.4 Å². The first-order valence-electron chi connectivity index (χ1n) is 8.66. The molecule has 26 heavy (non-hydrogen) atoms. The number of hydrogen-bond acceptors (Lipinski definition) is 5. The number of likely N-dealkylation sites (tertiary alicyclic amines) is 1. The molecule has 4 aliphatic rings. The Morgan fingerprint density at radius 1 is 1.31 bits per heavy atom. The van der Waals surface area contributed by atoms with Gasteiger partial charge >= 0.3 is 7.82 Å². The van der Waals surface area contributed by atoms with Gasteiger partial charge in [0.05, 0.1) is 0 Å². The zero-order valence-electron chi connectivity index (χ0n) is 14.3. The van der Waals surface area contributed by atoms with Gasteiger partial charge in [-0.3, -0.25) is 4.79 Å². The minimum absolute atomic E-state index is 0.172. The number of ketones is 1. The summed E-state index contributed by atoms with van der Waals surface area (Å²) in [4.78, 5) is 36.5. The van der Waals surface area contributed by atoms with Crippen molar-refractivity contribution in [1.82, 2.24) is 4.90 Å². The Morgan fingerprint density at radius 3 is 2.69 bits per heavy atom. The van der Waals surface area contributed by atoms with Crippen LogP contribution in [0.5, 0.6) is 11.5 Å². The number of rotatable bonds is 0. The van der Waals surface area contributed by atoms with Gasteiger partial charge in [0.15, 0.2) is 23.4 Å². The summed E-state index contributed by atoms with van der Waals surface area (Å²) in [6.45, 7) is 1.00. The van der Waals surface area contributed by atoms with Gasteiger partial charge in [-0.15, -0.1) is 0 Å². The quantitative estimate of drug-likeness (QED) is 0.482. The summed E-state index contributed by atoms with van der Waals surface area (Å²) in [5.41, 5.74) is 2.26. The molecule has 4 N–H and O–H groups in total. The molecule has 4 atom stereocenters. The Morgan fingerprint density at radius 2 is 2.00 bits per heavy atom. The van der Waals surface area contributed by atoms with Gasteiger partial charge in [-0.2, -0.15) is 0 Å². The lowest BCUT2D eigenvalue weighted by Crippen LogP contribution is -2.65. The number of likely N-dealkylation sites (N-methyl/N-ethyl adjacent to an activating group) is 1. The number of nitrogens with zero attached hydrogens (tertiary/aromatic N) is 1. The van der Waals surface area contributed by atoms with Crippen molar-refractivity contribution in [3.05, 3.63) is 23.3 Å². The van der Waals surface area contributed by atoms with Gasteiger partial charge in [0.2, 0.25) is 0 Å². The number of Topliss-reactive ketones (excluding diaryl/α,β-unsaturated/α-hetero) is 1. The third-order valence-corrected chi connectivity index (χ3v) is 6.39. The third-order valence-electron chi connectivity index (χ3n) is 6.39. The van der Waals surface area contributed by atoms with Crippen molar-refractivity contribution in [3.63, 3.8) is 0 Å². The third kappa shape index (κ3) is 2.52. The molecule has 5 rings (SSSR count). The highest BCUT2D eigenvalue weighted by molar-refractivity contribution is 7.45. The van der Waals surface area contributed by atoms with Crippen LogP contribution in [0.1, 0.15) is 30.4 Å². The lowest BCUT2D eigenvalue weighted by Gasteiger charge is -2.57. The van der Waals surface area contributed by atoms with Crippen molar-refractivity contribution in [2.75, 3.05) is 13.6 Å². The fraction of sp³-hybridized carbons (Fsp3) is 0.588. The molecule has 1 saturated carbocycles. The van der Waals surface area contributed by atoms with E-state index in [-0.39, 0.29) is 23.1 Å². The molecule has 9 heteroatoms. The van der Waals surface area contributed by atoms with E-state index in [4.69, 9.17) is 24.0 Å². The number of ether oxygens (including phenoxy) is 1. The van der Waals surface area contributed by atoms with E-state index in [1.54, 1.807) is 6.07 Å². The first-order valence-corrected chi connectivity index (χ1v) is 10.2. The molecule has 2 fully saturated rings. The number of phenols is 1. The summed E-state index contributed by atoms with van der Waals surface area (Å²) < 4.78 is 14.9. The maximum Gasteiger partial charge on any atom is 0.466 e. The summed E-state index contributed by atoms with van der Waals surface area (Å²) in [5, 5.41) is 10.2. The van der Waals surface area contributed by atoms with Crippen LogP contribution in [-0.4, -0.2) is 56.2 Å². The van der Waals surface area contributed by atoms with Crippen LogP contribution in [0.3, 0.4) is 0 Å². The van der Waals surface area contributed by atoms with E-state index in [0.717, 1.165) is 31.4 Å². The van der Waals surface area contributed by atoms with Crippen LogP contribution in [0.2, 0.25) is 0 Å². The molecule has 0 aromatic heterocycles. The second kappa shape index (κ2) is 5.78. The molecule has 1 spiro atoms. The fourth-order valence-corrected chi connectivity index (χ4v) is 5.52. The molecule has 8 nitrogen and oxygen atoms in total. The van der Waals surface area contributed by atoms with Crippen LogP contribution in [0.15, 0.2) is 12.1 Å². The van der Waals surface area contributed by atoms with E-state index < -0.39 is 7.82 Å². The number of benzene rings is 1. The molecule has 0 unspecified atom stereocenters. The monoisotopic (exact) mass is 383 g/mol. The molecule has 2 heterocycles. The maximum atomic E-state index is 12.5. The van der Waals surface area contributed by atoms with E-state index in [0.29, 0.717) is 24.1 Å². The zero-order valence-corrected chi connectivity index (χ0v) is 15.2. The maximum absolute atomic E-state index is 12.5. The smallest absolute Gasteiger partial charge is 0.466 e. The highest BCUT2D eigenvalue weighted by Crippen LogP contribution is 2.62. The molecule has 142 valence electrons. The second-order valence-corrected chi connectivity index (χ2v) is 8.64. The summed E-state index contributed by atoms with van der Waals surface area (Å²) in [6, 6.07) is 4.26. The Kier molecular flexibility index (Phi) is 3.99. The molecule has 1 aromatic rings. The second-order valence-electron chi connectivity index (χ2n) is 7.61. The van der Waals surface area contributed by atoms with E-state index in [1.807, 2.05) is 6.07 Å². The van der Waals surface area contributed by atoms with Gasteiger partial charge in [0.25, 0.3) is 0 Å². The highest BCUT2D eigenvalue weighted by atomic mass is 31.2. The summed E-state index contributed by atoms with van der Waals surface area (Å²) in [5.74, 6) is 1.50. The van der Waals surface area contributed by atoms with Crippen molar-refractivity contribution in [2.45, 2.75) is 43.2 Å². The fourth-order valence-electron chi connectivity index (χ4n) is 5.52. The number of phosphoric acid groups is 1. The van der Waals surface area contributed by atoms with Crippen LogP contribution in [0.25, 0.3) is 0 Å². The largest absolute Gasteiger partial charge is 0.504 e. The van der Waals surface area contributed by atoms with E-state index in [1.165, 1.54) is 5.56 Å². The zero-order chi connectivity index (χ0) is 18.9. The normalized spacial score (nSPS) is 34.5. The number of carbonyl (C=O) groups is 1. The van der Waals surface area contributed by atoms with Crippen molar-refractivity contribution in [3.8, 4) is 11.5 Å². The predicted molar refractivity (Wildman–Crippen MR) is 90.9 cm³/mol. The summed E-state index contributed by atoms with van der Waals surface area (Å²) >= 11 is 0. The van der Waals surface area contributed by atoms with Crippen LogP contribution >= 0.6 is 7.82 Å². The van der Waals surface area contributed by atoms with E-state index in [2.05, 4.69) is 11.9 Å². The lowest BCUT2D eigenvalue weighted by atomic mass is 9.52. The van der Waals surface area contributed by atoms with Crippen LogP contribution in [0.4, 0.5) is 0 Å². The predicted octanol–water partition coefficient (Wildman–Crippen LogP) is 0.702. The van der Waals surface area contributed by atoms with Gasteiger partial charge in [0, 0.05) is 23.4 Å². The molecule has 1 aromatic carbocycles. The molecule has 2 aliphatic carbocycles. The van der Waals surface area contributed by atoms with Crippen molar-refractivity contribution >= 4 is 13.6 Å². The molecule has 2 aliphatic heterocycles. The summed E-state index contributed by atoms with van der Waals surface area (Å²) in [7, 11) is -2.44. The van der Waals surface area contributed by atoms with Gasteiger partial charge in [-0.1, -0.05) is 6.07 Å². The Bertz CT molecular complexity index is 813. The highest BCUT2D eigenvalue weighted by Gasteiger charge is 2.65. The van der Waals surface area contributed by atoms with Crippen molar-refractivity contribution in [2.24, 2.45) is 5.92 Å². The average molecular weight is 383 g/mol. The standard InChI is InChI=1S/C17H19NO3.H3O4P/c1-18-7-6-17-10-3-5-13(20)16(17)21-15-12(19)4-2-9(14(15)17)8-11(10)18;1-5(2,3)4/h2,4,10-11,16,19H,3,5-8H2,1H3;(H3,1,2,3,4)/t10-,11+,16-,17-;/m0./s1. The molecular weight excluding hydrogens is 361 g/mol. The number of piperidine rings is 1. The molecule has 2 bridgehead atoms. The molecule has 0 radical (unpaired) electrons. The van der Waals surface area contributed by atoms with Gasteiger partial charge < -0.3 is 29.4 Å². The first-order chi connectivity index (χ1) is 12.1. The Balaban J connectivity index is 0.000000301. The number of hydrogen-bond donors (Lipinski definition) is 4. The van der Waals surface area contributed by atoms with Crippen LogP contribution in [0, 0.1) is 5.92 Å². The van der Waals surface area contributed by atoms with Crippen LogP contribution < -0.4 is 4.74 Å². The van der Waals surface area contributed by atoms with Crippen LogP contribution in [-0.2, 0) is 21.2 Å². The van der Waals surface area contributed by atoms with Crippen molar-refractivity contribution in [1.29, 1.82) is 0 Å². The SMILES string of the molecule is CN1CC[C@]23c4c5ccc(O)c4O[C@H]2C(=O)CC[C@H]3[C@H]1C5.O=P(O)(O)O. The minimum atomic E-state index is -4.64. The Hall–Kier alpha value is -1.44. The average Bonchev–Trinajstić information content (AvgIpc) is 2.89. The van der Waals surface area contributed by atoms with E-state index >= 15 is 0 Å². The molecular formula is C17H22NO7P. The van der Waals surface area contributed by atoms with E-state index in [9.17, 15) is 9.90 Å². The Labute approximate surface area is 150 Å². The summed E-state index contributed by atoms with van der Waals surface area (Å²) in [6.07, 6.45) is 3.18. The van der Waals surface area contributed by atoms with Gasteiger partial charge in [-0.25, -0.2) is 4.57 Å². The topological polar surface area (TPSA) is 128 Å². The lowest BCUT2D eigenvalue weighted by molar-refractivity contribution is -0.138. The number of carbonyl (C=O) groups excluding carboxylic acids is 1. The van der Waals surface area contributed by atoms with Gasteiger partial charge in [0.1, 0.15) is 0 Å². The minimum Gasteiger partial charge on any atom is -0.504 e. The number of aromatic hydroxyl groups is 1. The molecule has 0 amide bonds. The van der Waals surface area contributed by atoms with Crippen molar-refractivity contribution < 1.29 is 33.9 Å².